The Morgan fingerprint density at radius 3 is 2.88 bits per heavy atom. The molecule has 1 aliphatic carbocycles. The van der Waals surface area contributed by atoms with Crippen molar-refractivity contribution in [3.8, 4) is 0 Å². The van der Waals surface area contributed by atoms with Crippen LogP contribution in [0.2, 0.25) is 5.02 Å². The Kier molecular flexibility index (Phi) is 4.03. The van der Waals surface area contributed by atoms with Gasteiger partial charge in [0, 0.05) is 22.0 Å². The second kappa shape index (κ2) is 5.15. The van der Waals surface area contributed by atoms with Gasteiger partial charge in [0.05, 0.1) is 5.02 Å². The zero-order chi connectivity index (χ0) is 11.6. The fraction of sp³-hybridized carbons (Fsp3) is 0.545. The van der Waals surface area contributed by atoms with E-state index in [0.29, 0.717) is 9.77 Å². The molecule has 0 atom stereocenters. The van der Waals surface area contributed by atoms with Crippen molar-refractivity contribution < 1.29 is 0 Å². The second-order valence-corrected chi connectivity index (χ2v) is 6.68. The molecule has 1 heterocycles. The maximum Gasteiger partial charge on any atom is 0.144 e. The van der Waals surface area contributed by atoms with Gasteiger partial charge in [-0.25, -0.2) is 4.98 Å². The number of nitrogens with one attached hydrogen (secondary N) is 1. The predicted molar refractivity (Wildman–Crippen MR) is 75.5 cm³/mol. The number of aromatic nitrogens is 1. The van der Waals surface area contributed by atoms with E-state index >= 15 is 0 Å². The average Bonchev–Trinajstić information content (AvgIpc) is 2.19. The molecule has 0 amide bonds. The minimum absolute atomic E-state index is 0.401. The summed E-state index contributed by atoms with van der Waals surface area (Å²) in [5.41, 5.74) is 0. The van der Waals surface area contributed by atoms with E-state index in [9.17, 15) is 0 Å². The van der Waals surface area contributed by atoms with E-state index in [0.717, 1.165) is 16.8 Å². The van der Waals surface area contributed by atoms with Gasteiger partial charge in [0.25, 0.3) is 0 Å². The van der Waals surface area contributed by atoms with Crippen LogP contribution >= 0.6 is 39.3 Å². The van der Waals surface area contributed by atoms with Crippen LogP contribution in [0.15, 0.2) is 16.7 Å². The summed E-state index contributed by atoms with van der Waals surface area (Å²) >= 11 is 11.4. The van der Waals surface area contributed by atoms with Crippen LogP contribution < -0.4 is 5.32 Å². The molecule has 0 bridgehead atoms. The van der Waals surface area contributed by atoms with Crippen molar-refractivity contribution in [1.82, 2.24) is 4.98 Å². The molecular weight excluding hydrogens is 308 g/mol. The Hall–Kier alpha value is 0.0700. The molecule has 1 aliphatic rings. The molecule has 2 rings (SSSR count). The van der Waals surface area contributed by atoms with Crippen molar-refractivity contribution in [2.45, 2.75) is 24.0 Å². The summed E-state index contributed by atoms with van der Waals surface area (Å²) in [6.07, 6.45) is 7.85. The molecule has 2 nitrogen and oxygen atoms in total. The van der Waals surface area contributed by atoms with Crippen LogP contribution in [0, 0.1) is 0 Å². The molecule has 0 saturated heterocycles. The third-order valence-corrected chi connectivity index (χ3v) is 5.22. The summed E-state index contributed by atoms with van der Waals surface area (Å²) in [7, 11) is 0. The van der Waals surface area contributed by atoms with E-state index in [1.165, 1.54) is 19.3 Å². The normalized spacial score (nSPS) is 17.9. The maximum absolute atomic E-state index is 6.10. The lowest BCUT2D eigenvalue weighted by Crippen LogP contribution is -2.40. The molecule has 88 valence electrons. The number of hydrogen-bond donors (Lipinski definition) is 1. The number of thioether (sulfide) groups is 1. The highest BCUT2D eigenvalue weighted by molar-refractivity contribution is 9.10. The monoisotopic (exact) mass is 320 g/mol. The smallest absolute Gasteiger partial charge is 0.144 e. The Morgan fingerprint density at radius 2 is 2.38 bits per heavy atom. The van der Waals surface area contributed by atoms with Crippen molar-refractivity contribution in [2.24, 2.45) is 0 Å². The molecule has 0 aliphatic heterocycles. The average molecular weight is 322 g/mol. The fourth-order valence-corrected chi connectivity index (χ4v) is 3.42. The molecule has 5 heteroatoms. The highest BCUT2D eigenvalue weighted by Crippen LogP contribution is 2.42. The Balaban J connectivity index is 1.99. The molecule has 1 saturated carbocycles. The Labute approximate surface area is 114 Å². The number of halogens is 2. The topological polar surface area (TPSA) is 24.9 Å². The van der Waals surface area contributed by atoms with Gasteiger partial charge in [-0.1, -0.05) is 18.0 Å². The van der Waals surface area contributed by atoms with E-state index in [4.69, 9.17) is 11.6 Å². The van der Waals surface area contributed by atoms with E-state index in [1.54, 1.807) is 6.20 Å². The van der Waals surface area contributed by atoms with Gasteiger partial charge >= 0.3 is 0 Å². The Bertz CT molecular complexity index is 377. The van der Waals surface area contributed by atoms with Gasteiger partial charge < -0.3 is 5.32 Å². The van der Waals surface area contributed by atoms with E-state index in [1.807, 2.05) is 17.8 Å². The van der Waals surface area contributed by atoms with Gasteiger partial charge in [0.2, 0.25) is 0 Å². The van der Waals surface area contributed by atoms with Crippen molar-refractivity contribution in [2.75, 3.05) is 18.1 Å². The van der Waals surface area contributed by atoms with Gasteiger partial charge in [0.15, 0.2) is 0 Å². The Morgan fingerprint density at radius 1 is 1.62 bits per heavy atom. The van der Waals surface area contributed by atoms with Crippen LogP contribution in [0.25, 0.3) is 0 Å². The molecule has 1 aromatic heterocycles. The lowest BCUT2D eigenvalue weighted by Gasteiger charge is -2.40. The quantitative estimate of drug-likeness (QED) is 0.900. The first-order chi connectivity index (χ1) is 7.65. The zero-order valence-corrected chi connectivity index (χ0v) is 12.3. The first kappa shape index (κ1) is 12.5. The van der Waals surface area contributed by atoms with Gasteiger partial charge in [-0.3, -0.25) is 0 Å². The minimum atomic E-state index is 0.401. The molecule has 1 aromatic rings. The maximum atomic E-state index is 6.10. The fourth-order valence-electron chi connectivity index (χ4n) is 1.81. The van der Waals surface area contributed by atoms with Crippen molar-refractivity contribution in [3.05, 3.63) is 21.8 Å². The molecule has 0 spiro atoms. The predicted octanol–water partition coefficient (Wildman–Crippen LogP) is 4.20. The zero-order valence-electron chi connectivity index (χ0n) is 9.09. The van der Waals surface area contributed by atoms with Crippen LogP contribution in [0.3, 0.4) is 0 Å². The number of nitrogens with zero attached hydrogens (tertiary/aromatic N) is 1. The van der Waals surface area contributed by atoms with Gasteiger partial charge in [0.1, 0.15) is 5.82 Å². The highest BCUT2D eigenvalue weighted by Gasteiger charge is 2.35. The highest BCUT2D eigenvalue weighted by atomic mass is 79.9. The number of rotatable bonds is 4. The minimum Gasteiger partial charge on any atom is -0.367 e. The van der Waals surface area contributed by atoms with Crippen LogP contribution in [-0.4, -0.2) is 22.5 Å². The largest absolute Gasteiger partial charge is 0.367 e. The van der Waals surface area contributed by atoms with Crippen molar-refractivity contribution >= 4 is 45.1 Å². The van der Waals surface area contributed by atoms with Gasteiger partial charge in [-0.2, -0.15) is 11.8 Å². The lowest BCUT2D eigenvalue weighted by molar-refractivity contribution is 0.379. The molecule has 0 radical (unpaired) electrons. The number of anilines is 1. The first-order valence-corrected chi connectivity index (χ1v) is 7.65. The molecular formula is C11H14BrClN2S. The summed E-state index contributed by atoms with van der Waals surface area (Å²) in [4.78, 5) is 4.27. The number of pyridine rings is 1. The van der Waals surface area contributed by atoms with Gasteiger partial charge in [-0.05, 0) is 41.1 Å². The summed E-state index contributed by atoms with van der Waals surface area (Å²) in [6.45, 7) is 0.947. The molecule has 0 unspecified atom stereocenters. The number of hydrogen-bond acceptors (Lipinski definition) is 3. The molecule has 16 heavy (non-hydrogen) atoms. The summed E-state index contributed by atoms with van der Waals surface area (Å²) in [6, 6.07) is 1.86. The van der Waals surface area contributed by atoms with Crippen LogP contribution in [0.4, 0.5) is 5.82 Å². The van der Waals surface area contributed by atoms with Crippen LogP contribution in [0.5, 0.6) is 0 Å². The van der Waals surface area contributed by atoms with E-state index in [2.05, 4.69) is 32.5 Å². The summed E-state index contributed by atoms with van der Waals surface area (Å²) < 4.78 is 1.31. The molecule has 1 N–H and O–H groups in total. The summed E-state index contributed by atoms with van der Waals surface area (Å²) in [5, 5.41) is 4.02. The third kappa shape index (κ3) is 2.66. The van der Waals surface area contributed by atoms with Crippen LogP contribution in [0.1, 0.15) is 19.3 Å². The lowest BCUT2D eigenvalue weighted by atomic mass is 9.84. The second-order valence-electron chi connectivity index (χ2n) is 4.08. The van der Waals surface area contributed by atoms with E-state index < -0.39 is 0 Å². The molecule has 1 fully saturated rings. The SMILES string of the molecule is CSC1(CNc2ncc(Br)cc2Cl)CCC1. The van der Waals surface area contributed by atoms with Crippen LogP contribution in [-0.2, 0) is 0 Å². The van der Waals surface area contributed by atoms with Crippen molar-refractivity contribution in [1.29, 1.82) is 0 Å². The third-order valence-electron chi connectivity index (χ3n) is 3.08. The van der Waals surface area contributed by atoms with Crippen molar-refractivity contribution in [3.63, 3.8) is 0 Å². The molecule has 0 aromatic carbocycles. The van der Waals surface area contributed by atoms with E-state index in [-0.39, 0.29) is 0 Å². The van der Waals surface area contributed by atoms with Gasteiger partial charge in [-0.15, -0.1) is 0 Å². The standard InChI is InChI=1S/C11H14BrClN2S/c1-16-11(3-2-4-11)7-15-10-9(13)5-8(12)6-14-10/h5-6H,2-4,7H2,1H3,(H,14,15). The summed E-state index contributed by atoms with van der Waals surface area (Å²) in [5.74, 6) is 0.783. The first-order valence-electron chi connectivity index (χ1n) is 5.25.